The minimum Gasteiger partial charge on any atom is -0.377 e. The van der Waals surface area contributed by atoms with Crippen LogP contribution in [0.3, 0.4) is 0 Å². The molecule has 6 heteroatoms. The summed E-state index contributed by atoms with van der Waals surface area (Å²) < 4.78 is 17.1. The summed E-state index contributed by atoms with van der Waals surface area (Å²) in [5.74, 6) is 0. The van der Waals surface area contributed by atoms with Crippen molar-refractivity contribution in [2.45, 2.75) is 38.0 Å². The largest absolute Gasteiger partial charge is 0.505 e. The molecule has 1 aromatic rings. The van der Waals surface area contributed by atoms with Crippen LogP contribution in [-0.4, -0.2) is 42.3 Å². The van der Waals surface area contributed by atoms with E-state index in [4.69, 9.17) is 19.0 Å². The van der Waals surface area contributed by atoms with Crippen molar-refractivity contribution in [1.29, 1.82) is 0 Å². The Morgan fingerprint density at radius 2 is 1.57 bits per heavy atom. The lowest BCUT2D eigenvalue weighted by atomic mass is 10.1. The molecule has 0 aliphatic carbocycles. The maximum Gasteiger partial charge on any atom is 0.505 e. The Balaban J connectivity index is 3.03. The highest BCUT2D eigenvalue weighted by Gasteiger charge is 2.49. The predicted molar refractivity (Wildman–Crippen MR) is 86.9 cm³/mol. The Morgan fingerprint density at radius 3 is 2.00 bits per heavy atom. The van der Waals surface area contributed by atoms with Crippen LogP contribution in [0, 0.1) is 0 Å². The van der Waals surface area contributed by atoms with Crippen molar-refractivity contribution in [1.82, 2.24) is 5.32 Å². The molecule has 0 fully saturated rings. The van der Waals surface area contributed by atoms with E-state index in [-0.39, 0.29) is 17.7 Å². The zero-order valence-electron chi connectivity index (χ0n) is 13.6. The van der Waals surface area contributed by atoms with Crippen molar-refractivity contribution in [3.05, 3.63) is 35.9 Å². The van der Waals surface area contributed by atoms with Gasteiger partial charge in [0.05, 0.1) is 6.17 Å². The van der Waals surface area contributed by atoms with Gasteiger partial charge in [0.1, 0.15) is 0 Å². The maximum absolute atomic E-state index is 5.87. The van der Waals surface area contributed by atoms with Crippen LogP contribution in [0.5, 0.6) is 0 Å². The molecule has 3 N–H and O–H groups in total. The van der Waals surface area contributed by atoms with Crippen LogP contribution in [0.2, 0.25) is 5.54 Å². The van der Waals surface area contributed by atoms with E-state index >= 15 is 0 Å². The minimum absolute atomic E-state index is 0.0749. The SMILES string of the molecule is CO[Si](OC)(OC)C(Cc1ccccc1)C(C)NC(C)N. The van der Waals surface area contributed by atoms with Crippen LogP contribution in [0.4, 0.5) is 0 Å². The van der Waals surface area contributed by atoms with Gasteiger partial charge in [-0.15, -0.1) is 0 Å². The lowest BCUT2D eigenvalue weighted by molar-refractivity contribution is 0.104. The van der Waals surface area contributed by atoms with E-state index in [0.717, 1.165) is 6.42 Å². The quantitative estimate of drug-likeness (QED) is 0.537. The molecule has 21 heavy (non-hydrogen) atoms. The summed E-state index contributed by atoms with van der Waals surface area (Å²) in [5, 5.41) is 3.34. The highest BCUT2D eigenvalue weighted by atomic mass is 28.4. The smallest absolute Gasteiger partial charge is 0.377 e. The highest BCUT2D eigenvalue weighted by Crippen LogP contribution is 2.31. The van der Waals surface area contributed by atoms with Crippen molar-refractivity contribution in [2.24, 2.45) is 5.73 Å². The molecule has 0 saturated carbocycles. The number of hydrogen-bond acceptors (Lipinski definition) is 5. The monoisotopic (exact) mass is 312 g/mol. The number of rotatable bonds is 9. The van der Waals surface area contributed by atoms with Crippen molar-refractivity contribution < 1.29 is 13.3 Å². The molecule has 3 atom stereocenters. The maximum atomic E-state index is 5.87. The van der Waals surface area contributed by atoms with Gasteiger partial charge in [0, 0.05) is 32.9 Å². The third kappa shape index (κ3) is 4.88. The fourth-order valence-corrected chi connectivity index (χ4v) is 5.31. The minimum atomic E-state index is -2.78. The van der Waals surface area contributed by atoms with E-state index < -0.39 is 8.80 Å². The zero-order chi connectivity index (χ0) is 15.9. The summed E-state index contributed by atoms with van der Waals surface area (Å²) >= 11 is 0. The van der Waals surface area contributed by atoms with Crippen molar-refractivity contribution >= 4 is 8.80 Å². The van der Waals surface area contributed by atoms with Crippen LogP contribution in [0.15, 0.2) is 30.3 Å². The van der Waals surface area contributed by atoms with E-state index in [2.05, 4.69) is 24.4 Å². The van der Waals surface area contributed by atoms with Gasteiger partial charge < -0.3 is 19.0 Å². The Kier molecular flexibility index (Phi) is 7.51. The fraction of sp³-hybridized carbons (Fsp3) is 0.600. The highest BCUT2D eigenvalue weighted by molar-refractivity contribution is 6.62. The van der Waals surface area contributed by atoms with Gasteiger partial charge in [-0.05, 0) is 25.8 Å². The van der Waals surface area contributed by atoms with E-state index in [1.165, 1.54) is 5.56 Å². The van der Waals surface area contributed by atoms with Crippen LogP contribution in [0.25, 0.3) is 0 Å². The molecule has 120 valence electrons. The van der Waals surface area contributed by atoms with Gasteiger partial charge in [-0.1, -0.05) is 30.3 Å². The lowest BCUT2D eigenvalue weighted by Crippen LogP contribution is -2.56. The second-order valence-corrected chi connectivity index (χ2v) is 8.43. The first-order valence-corrected chi connectivity index (χ1v) is 9.00. The average Bonchev–Trinajstić information content (AvgIpc) is 2.48. The van der Waals surface area contributed by atoms with Crippen molar-refractivity contribution in [2.75, 3.05) is 21.3 Å². The van der Waals surface area contributed by atoms with Gasteiger partial charge >= 0.3 is 8.80 Å². The molecule has 3 unspecified atom stereocenters. The topological polar surface area (TPSA) is 65.7 Å². The van der Waals surface area contributed by atoms with Gasteiger partial charge in [-0.3, -0.25) is 5.32 Å². The van der Waals surface area contributed by atoms with Crippen molar-refractivity contribution in [3.8, 4) is 0 Å². The molecule has 1 aromatic carbocycles. The van der Waals surface area contributed by atoms with E-state index in [0.29, 0.717) is 0 Å². The number of hydrogen-bond donors (Lipinski definition) is 2. The molecule has 0 aliphatic rings. The third-order valence-corrected chi connectivity index (χ3v) is 7.05. The first kappa shape index (κ1) is 18.3. The molecule has 0 bridgehead atoms. The van der Waals surface area contributed by atoms with Gasteiger partial charge in [-0.2, -0.15) is 0 Å². The van der Waals surface area contributed by atoms with E-state index in [1.54, 1.807) is 21.3 Å². The van der Waals surface area contributed by atoms with Crippen LogP contribution >= 0.6 is 0 Å². The first-order chi connectivity index (χ1) is 9.99. The van der Waals surface area contributed by atoms with E-state index in [9.17, 15) is 0 Å². The first-order valence-electron chi connectivity index (χ1n) is 7.20. The predicted octanol–water partition coefficient (Wildman–Crippen LogP) is 1.76. The van der Waals surface area contributed by atoms with Gasteiger partial charge in [0.25, 0.3) is 0 Å². The van der Waals surface area contributed by atoms with Crippen molar-refractivity contribution in [3.63, 3.8) is 0 Å². The van der Waals surface area contributed by atoms with Crippen LogP contribution < -0.4 is 11.1 Å². The van der Waals surface area contributed by atoms with E-state index in [1.807, 2.05) is 25.1 Å². The van der Waals surface area contributed by atoms with Crippen LogP contribution in [0.1, 0.15) is 19.4 Å². The second kappa shape index (κ2) is 8.62. The standard InChI is InChI=1S/C15H28N2O3Si/c1-12(17-13(2)16)15(21(18-3,19-4)20-5)11-14-9-7-6-8-10-14/h6-10,12-13,15,17H,11,16H2,1-5H3. The summed E-state index contributed by atoms with van der Waals surface area (Å²) in [4.78, 5) is 0. The van der Waals surface area contributed by atoms with Gasteiger partial charge in [0.15, 0.2) is 0 Å². The summed E-state index contributed by atoms with van der Waals surface area (Å²) in [7, 11) is 2.17. The summed E-state index contributed by atoms with van der Waals surface area (Å²) in [6.45, 7) is 4.02. The molecule has 0 radical (unpaired) electrons. The normalized spacial score (nSPS) is 16.5. The molecule has 0 aliphatic heterocycles. The molecule has 0 amide bonds. The third-order valence-electron chi connectivity index (χ3n) is 3.74. The summed E-state index contributed by atoms with van der Waals surface area (Å²) in [6.07, 6.45) is 0.708. The zero-order valence-corrected chi connectivity index (χ0v) is 14.6. The molecule has 0 heterocycles. The number of nitrogens with one attached hydrogen (secondary N) is 1. The fourth-order valence-electron chi connectivity index (χ4n) is 2.71. The molecular formula is C15H28N2O3Si. The van der Waals surface area contributed by atoms with Gasteiger partial charge in [0.2, 0.25) is 0 Å². The second-order valence-electron chi connectivity index (χ2n) is 5.26. The molecular weight excluding hydrogens is 284 g/mol. The molecule has 5 nitrogen and oxygen atoms in total. The molecule has 1 rings (SSSR count). The Hall–Kier alpha value is -0.763. The molecule has 0 aromatic heterocycles. The average molecular weight is 312 g/mol. The number of benzene rings is 1. The van der Waals surface area contributed by atoms with Gasteiger partial charge in [-0.25, -0.2) is 0 Å². The summed E-state index contributed by atoms with van der Waals surface area (Å²) in [6, 6.07) is 10.4. The molecule has 0 saturated heterocycles. The Labute approximate surface area is 129 Å². The lowest BCUT2D eigenvalue weighted by Gasteiger charge is -2.37. The molecule has 0 spiro atoms. The number of nitrogens with two attached hydrogens (primary N) is 1. The van der Waals surface area contributed by atoms with Crippen LogP contribution in [-0.2, 0) is 19.7 Å². The Morgan fingerprint density at radius 1 is 1.05 bits per heavy atom. The summed E-state index contributed by atoms with van der Waals surface area (Å²) in [5.41, 5.74) is 7.17. The Bertz CT molecular complexity index is 391.